The van der Waals surface area contributed by atoms with Crippen molar-refractivity contribution in [3.05, 3.63) is 65.4 Å². The van der Waals surface area contributed by atoms with Crippen molar-refractivity contribution in [2.75, 3.05) is 6.61 Å². The van der Waals surface area contributed by atoms with Gasteiger partial charge in [0.05, 0.1) is 6.61 Å². The highest BCUT2D eigenvalue weighted by Gasteiger charge is 2.22. The van der Waals surface area contributed by atoms with E-state index in [1.165, 1.54) is 5.56 Å². The standard InChI is InChI=1S/C22H22N2O4/c25-21(8-6-14-5-7-20-15(11-14)9-10-28-20)24-19(22(26)27)12-16-13-23-18-4-2-1-3-17(16)18/h1-5,7,11,13,19,23H,6,8-10,12H2,(H,24,25)(H,26,27)/t19-/m0/s1. The normalized spacial score (nSPS) is 13.7. The van der Waals surface area contributed by atoms with Crippen LogP contribution in [0, 0.1) is 0 Å². The zero-order chi connectivity index (χ0) is 19.5. The van der Waals surface area contributed by atoms with Crippen molar-refractivity contribution < 1.29 is 19.4 Å². The number of amides is 1. The molecular formula is C22H22N2O4. The van der Waals surface area contributed by atoms with Gasteiger partial charge >= 0.3 is 5.97 Å². The molecule has 0 unspecified atom stereocenters. The lowest BCUT2D eigenvalue weighted by molar-refractivity contribution is -0.141. The Morgan fingerprint density at radius 3 is 2.93 bits per heavy atom. The first-order chi connectivity index (χ1) is 13.6. The van der Waals surface area contributed by atoms with Crippen LogP contribution >= 0.6 is 0 Å². The molecule has 1 atom stereocenters. The molecule has 6 nitrogen and oxygen atoms in total. The number of nitrogens with one attached hydrogen (secondary N) is 2. The van der Waals surface area contributed by atoms with Crippen molar-refractivity contribution in [3.8, 4) is 5.75 Å². The molecule has 4 rings (SSSR count). The van der Waals surface area contributed by atoms with Crippen LogP contribution in [-0.4, -0.2) is 34.6 Å². The summed E-state index contributed by atoms with van der Waals surface area (Å²) in [5, 5.41) is 13.2. The molecule has 1 aliphatic heterocycles. The Bertz CT molecular complexity index is 1020. The summed E-state index contributed by atoms with van der Waals surface area (Å²) in [7, 11) is 0. The van der Waals surface area contributed by atoms with E-state index in [-0.39, 0.29) is 18.7 Å². The molecule has 6 heteroatoms. The number of carbonyl (C=O) groups excluding carboxylic acids is 1. The van der Waals surface area contributed by atoms with E-state index in [1.54, 1.807) is 6.20 Å². The summed E-state index contributed by atoms with van der Waals surface area (Å²) in [5.41, 5.74) is 4.05. The zero-order valence-electron chi connectivity index (χ0n) is 15.4. The molecule has 3 N–H and O–H groups in total. The predicted octanol–water partition coefficient (Wildman–Crippen LogP) is 2.85. The highest BCUT2D eigenvalue weighted by atomic mass is 16.5. The molecule has 1 amide bonds. The van der Waals surface area contributed by atoms with Crippen LogP contribution in [0.4, 0.5) is 0 Å². The molecule has 2 aromatic carbocycles. The molecule has 0 fully saturated rings. The smallest absolute Gasteiger partial charge is 0.326 e. The van der Waals surface area contributed by atoms with Gasteiger partial charge in [0, 0.05) is 36.4 Å². The van der Waals surface area contributed by atoms with Crippen molar-refractivity contribution in [2.24, 2.45) is 0 Å². The Morgan fingerprint density at radius 1 is 1.21 bits per heavy atom. The molecule has 1 aromatic heterocycles. The number of carboxylic acids is 1. The van der Waals surface area contributed by atoms with Crippen LogP contribution in [-0.2, 0) is 28.9 Å². The van der Waals surface area contributed by atoms with Gasteiger partial charge in [0.1, 0.15) is 11.8 Å². The molecule has 0 saturated carbocycles. The van der Waals surface area contributed by atoms with Crippen molar-refractivity contribution in [2.45, 2.75) is 31.7 Å². The van der Waals surface area contributed by atoms with Crippen LogP contribution in [0.5, 0.6) is 5.75 Å². The summed E-state index contributed by atoms with van der Waals surface area (Å²) < 4.78 is 5.49. The van der Waals surface area contributed by atoms with Crippen molar-refractivity contribution in [3.63, 3.8) is 0 Å². The SMILES string of the molecule is O=C(CCc1ccc2c(c1)CCO2)N[C@@H](Cc1c[nH]c2ccccc12)C(=O)O. The number of ether oxygens (including phenoxy) is 1. The maximum atomic E-state index is 12.4. The van der Waals surface area contributed by atoms with Crippen molar-refractivity contribution in [1.29, 1.82) is 0 Å². The number of rotatable bonds is 7. The minimum atomic E-state index is -1.03. The van der Waals surface area contributed by atoms with Gasteiger partial charge in [-0.2, -0.15) is 0 Å². The number of carbonyl (C=O) groups is 2. The Balaban J connectivity index is 1.37. The zero-order valence-corrected chi connectivity index (χ0v) is 15.4. The Hall–Kier alpha value is -3.28. The number of fused-ring (bicyclic) bond motifs is 2. The van der Waals surface area contributed by atoms with Crippen LogP contribution in [0.1, 0.15) is 23.1 Å². The van der Waals surface area contributed by atoms with Crippen LogP contribution in [0.3, 0.4) is 0 Å². The highest BCUT2D eigenvalue weighted by molar-refractivity contribution is 5.86. The number of aryl methyl sites for hydroxylation is 1. The van der Waals surface area contributed by atoms with E-state index in [1.807, 2.05) is 36.4 Å². The minimum Gasteiger partial charge on any atom is -0.493 e. The average Bonchev–Trinajstić information content (AvgIpc) is 3.32. The molecule has 2 heterocycles. The molecule has 0 radical (unpaired) electrons. The average molecular weight is 378 g/mol. The Labute approximate surface area is 162 Å². The molecule has 0 aliphatic carbocycles. The number of H-pyrrole nitrogens is 1. The van der Waals surface area contributed by atoms with Crippen LogP contribution in [0.25, 0.3) is 10.9 Å². The first-order valence-electron chi connectivity index (χ1n) is 9.42. The van der Waals surface area contributed by atoms with E-state index in [2.05, 4.69) is 16.4 Å². The highest BCUT2D eigenvalue weighted by Crippen LogP contribution is 2.26. The van der Waals surface area contributed by atoms with Gasteiger partial charge in [-0.05, 0) is 35.2 Å². The van der Waals surface area contributed by atoms with Crippen molar-refractivity contribution >= 4 is 22.8 Å². The van der Waals surface area contributed by atoms with Gasteiger partial charge < -0.3 is 20.1 Å². The lowest BCUT2D eigenvalue weighted by atomic mass is 10.0. The van der Waals surface area contributed by atoms with Gasteiger partial charge in [0.15, 0.2) is 0 Å². The van der Waals surface area contributed by atoms with Crippen LogP contribution < -0.4 is 10.1 Å². The molecule has 28 heavy (non-hydrogen) atoms. The molecule has 144 valence electrons. The molecular weight excluding hydrogens is 356 g/mol. The third kappa shape index (κ3) is 3.86. The molecule has 0 saturated heterocycles. The van der Waals surface area contributed by atoms with Crippen LogP contribution in [0.2, 0.25) is 0 Å². The quantitative estimate of drug-likeness (QED) is 0.590. The van der Waals surface area contributed by atoms with E-state index < -0.39 is 12.0 Å². The fraction of sp³-hybridized carbons (Fsp3) is 0.273. The molecule has 0 spiro atoms. The number of para-hydroxylation sites is 1. The van der Waals surface area contributed by atoms with Gasteiger partial charge in [-0.1, -0.05) is 30.3 Å². The number of aromatic nitrogens is 1. The second-order valence-corrected chi connectivity index (χ2v) is 7.06. The van der Waals surface area contributed by atoms with Crippen LogP contribution in [0.15, 0.2) is 48.7 Å². The predicted molar refractivity (Wildman–Crippen MR) is 106 cm³/mol. The lowest BCUT2D eigenvalue weighted by Gasteiger charge is -2.14. The summed E-state index contributed by atoms with van der Waals surface area (Å²) in [6.45, 7) is 0.702. The third-order valence-electron chi connectivity index (χ3n) is 5.13. The topological polar surface area (TPSA) is 91.4 Å². The van der Waals surface area contributed by atoms with Gasteiger partial charge in [-0.15, -0.1) is 0 Å². The number of aromatic amines is 1. The number of hydrogen-bond acceptors (Lipinski definition) is 3. The lowest BCUT2D eigenvalue weighted by Crippen LogP contribution is -2.42. The van der Waals surface area contributed by atoms with E-state index in [0.29, 0.717) is 13.0 Å². The van der Waals surface area contributed by atoms with Gasteiger partial charge in [-0.25, -0.2) is 4.79 Å². The van der Waals surface area contributed by atoms with Gasteiger partial charge in [-0.3, -0.25) is 4.79 Å². The Morgan fingerprint density at radius 2 is 2.07 bits per heavy atom. The maximum absolute atomic E-state index is 12.4. The number of aliphatic carboxylic acids is 1. The monoisotopic (exact) mass is 378 g/mol. The van der Waals surface area contributed by atoms with E-state index >= 15 is 0 Å². The molecule has 1 aliphatic rings. The minimum absolute atomic E-state index is 0.237. The maximum Gasteiger partial charge on any atom is 0.326 e. The summed E-state index contributed by atoms with van der Waals surface area (Å²) in [6, 6.07) is 12.7. The summed E-state index contributed by atoms with van der Waals surface area (Å²) >= 11 is 0. The fourth-order valence-corrected chi connectivity index (χ4v) is 3.64. The second kappa shape index (κ2) is 7.76. The van der Waals surface area contributed by atoms with E-state index in [4.69, 9.17) is 4.74 Å². The summed E-state index contributed by atoms with van der Waals surface area (Å²) in [4.78, 5) is 27.1. The second-order valence-electron chi connectivity index (χ2n) is 7.06. The number of carboxylic acid groups (broad SMARTS) is 1. The number of benzene rings is 2. The fourth-order valence-electron chi connectivity index (χ4n) is 3.64. The summed E-state index contributed by atoms with van der Waals surface area (Å²) in [6.07, 6.45) is 3.75. The van der Waals surface area contributed by atoms with E-state index in [9.17, 15) is 14.7 Å². The number of hydrogen-bond donors (Lipinski definition) is 3. The molecule has 3 aromatic rings. The molecule has 0 bridgehead atoms. The van der Waals surface area contributed by atoms with E-state index in [0.717, 1.165) is 34.2 Å². The largest absolute Gasteiger partial charge is 0.493 e. The Kier molecular flexibility index (Phi) is 5.02. The first-order valence-corrected chi connectivity index (χ1v) is 9.42. The first kappa shape index (κ1) is 18.1. The van der Waals surface area contributed by atoms with Crippen molar-refractivity contribution in [1.82, 2.24) is 10.3 Å². The van der Waals surface area contributed by atoms with Gasteiger partial charge in [0.2, 0.25) is 5.91 Å². The summed E-state index contributed by atoms with van der Waals surface area (Å²) in [5.74, 6) is -0.379. The van der Waals surface area contributed by atoms with Gasteiger partial charge in [0.25, 0.3) is 0 Å². The third-order valence-corrected chi connectivity index (χ3v) is 5.13.